The van der Waals surface area contributed by atoms with E-state index in [2.05, 4.69) is 46.2 Å². The molecule has 3 atom stereocenters. The van der Waals surface area contributed by atoms with E-state index in [0.29, 0.717) is 44.7 Å². The van der Waals surface area contributed by atoms with E-state index in [-0.39, 0.29) is 46.9 Å². The number of pyridine rings is 1. The van der Waals surface area contributed by atoms with E-state index in [1.54, 1.807) is 42.4 Å². The minimum atomic E-state index is -0.837. The first-order valence-electron chi connectivity index (χ1n) is 14.7. The SMILES string of the molecule is CC(=O)c1nn(CC(=O)N2[C@H]3C[C@@]3(CN(C)C)C[C@H]2C(=O)Nc2nc(Br)ccc2C)c2c(CF)cc(-c3cnc(C)nc3)cc12. The molecule has 1 N–H and O–H groups in total. The average molecular weight is 678 g/mol. The number of alkyl halides is 1. The van der Waals surface area contributed by atoms with Crippen molar-refractivity contribution in [3.05, 3.63) is 63.9 Å². The first-order valence-corrected chi connectivity index (χ1v) is 15.5. The fraction of sp³-hybridized carbons (Fsp3) is 0.406. The highest BCUT2D eigenvalue weighted by Gasteiger charge is 2.67. The third-order valence-corrected chi connectivity index (χ3v) is 9.19. The molecule has 3 aromatic heterocycles. The number of amides is 2. The number of rotatable bonds is 9. The second kappa shape index (κ2) is 11.7. The minimum Gasteiger partial charge on any atom is -0.325 e. The van der Waals surface area contributed by atoms with Gasteiger partial charge in [0, 0.05) is 53.8 Å². The second-order valence-electron chi connectivity index (χ2n) is 12.4. The van der Waals surface area contributed by atoms with Crippen LogP contribution in [-0.4, -0.2) is 84.9 Å². The van der Waals surface area contributed by atoms with Crippen molar-refractivity contribution in [1.82, 2.24) is 34.5 Å². The van der Waals surface area contributed by atoms with Crippen LogP contribution in [0.4, 0.5) is 10.2 Å². The zero-order valence-corrected chi connectivity index (χ0v) is 27.4. The average Bonchev–Trinajstić information content (AvgIpc) is 3.38. The Bertz CT molecular complexity index is 1840. The van der Waals surface area contributed by atoms with Crippen molar-refractivity contribution in [3.8, 4) is 11.1 Å². The molecule has 1 saturated heterocycles. The van der Waals surface area contributed by atoms with E-state index in [1.807, 2.05) is 27.1 Å². The predicted octanol–water partition coefficient (Wildman–Crippen LogP) is 4.50. The lowest BCUT2D eigenvalue weighted by Crippen LogP contribution is -2.47. The Morgan fingerprint density at radius 1 is 1.11 bits per heavy atom. The Hall–Kier alpha value is -4.10. The van der Waals surface area contributed by atoms with Crippen molar-refractivity contribution in [1.29, 1.82) is 0 Å². The number of carbonyl (C=O) groups excluding carboxylic acids is 3. The Morgan fingerprint density at radius 2 is 1.84 bits per heavy atom. The lowest BCUT2D eigenvalue weighted by Gasteiger charge is -2.27. The van der Waals surface area contributed by atoms with Gasteiger partial charge in [-0.2, -0.15) is 5.10 Å². The van der Waals surface area contributed by atoms with Crippen molar-refractivity contribution in [2.24, 2.45) is 5.41 Å². The molecule has 6 rings (SSSR count). The summed E-state index contributed by atoms with van der Waals surface area (Å²) < 4.78 is 16.6. The zero-order chi connectivity index (χ0) is 32.2. The monoisotopic (exact) mass is 676 g/mol. The number of nitrogens with zero attached hydrogens (tertiary/aromatic N) is 7. The molecule has 1 saturated carbocycles. The van der Waals surface area contributed by atoms with Gasteiger partial charge < -0.3 is 15.1 Å². The zero-order valence-electron chi connectivity index (χ0n) is 25.8. The molecule has 4 heterocycles. The largest absolute Gasteiger partial charge is 0.325 e. The lowest BCUT2D eigenvalue weighted by molar-refractivity contribution is -0.138. The smallest absolute Gasteiger partial charge is 0.248 e. The summed E-state index contributed by atoms with van der Waals surface area (Å²) in [5, 5.41) is 7.90. The molecule has 0 bridgehead atoms. The molecule has 234 valence electrons. The van der Waals surface area contributed by atoms with Crippen LogP contribution >= 0.6 is 15.9 Å². The fourth-order valence-electron chi connectivity index (χ4n) is 6.70. The van der Waals surface area contributed by atoms with Crippen LogP contribution in [0.5, 0.6) is 0 Å². The number of ketones is 1. The highest BCUT2D eigenvalue weighted by Crippen LogP contribution is 2.60. The number of benzene rings is 1. The van der Waals surface area contributed by atoms with Crippen LogP contribution in [0.25, 0.3) is 22.0 Å². The number of aromatic nitrogens is 5. The molecule has 13 heteroatoms. The second-order valence-corrected chi connectivity index (χ2v) is 13.2. The summed E-state index contributed by atoms with van der Waals surface area (Å²) in [7, 11) is 3.96. The molecule has 2 fully saturated rings. The Balaban J connectivity index is 1.36. The van der Waals surface area contributed by atoms with E-state index in [0.717, 1.165) is 18.5 Å². The van der Waals surface area contributed by atoms with Crippen molar-refractivity contribution >= 4 is 50.2 Å². The van der Waals surface area contributed by atoms with Crippen LogP contribution in [0.15, 0.2) is 41.3 Å². The van der Waals surface area contributed by atoms with Gasteiger partial charge in [-0.15, -0.1) is 0 Å². The van der Waals surface area contributed by atoms with Crippen LogP contribution in [-0.2, 0) is 22.8 Å². The molecular weight excluding hydrogens is 643 g/mol. The van der Waals surface area contributed by atoms with Gasteiger partial charge in [-0.1, -0.05) is 6.07 Å². The van der Waals surface area contributed by atoms with Crippen molar-refractivity contribution < 1.29 is 18.8 Å². The summed E-state index contributed by atoms with van der Waals surface area (Å²) in [6.45, 7) is 4.66. The third-order valence-electron chi connectivity index (χ3n) is 8.74. The Labute approximate surface area is 268 Å². The summed E-state index contributed by atoms with van der Waals surface area (Å²) in [4.78, 5) is 57.3. The molecule has 1 aliphatic carbocycles. The number of hydrogen-bond acceptors (Lipinski definition) is 8. The molecule has 1 aromatic carbocycles. The van der Waals surface area contributed by atoms with Crippen molar-refractivity contribution in [2.75, 3.05) is 26.0 Å². The number of hydrogen-bond donors (Lipinski definition) is 1. The van der Waals surface area contributed by atoms with Crippen LogP contribution in [0, 0.1) is 19.3 Å². The number of nitrogens with one attached hydrogen (secondary N) is 1. The van der Waals surface area contributed by atoms with Gasteiger partial charge in [0.2, 0.25) is 11.8 Å². The molecule has 2 aliphatic rings. The first kappa shape index (κ1) is 30.9. The van der Waals surface area contributed by atoms with Gasteiger partial charge in [-0.05, 0) is 86.0 Å². The summed E-state index contributed by atoms with van der Waals surface area (Å²) in [5.74, 6) is 0.0823. The summed E-state index contributed by atoms with van der Waals surface area (Å²) >= 11 is 3.36. The summed E-state index contributed by atoms with van der Waals surface area (Å²) in [6.07, 6.45) is 4.58. The van der Waals surface area contributed by atoms with E-state index >= 15 is 0 Å². The molecule has 1 aliphatic heterocycles. The normalized spacial score (nSPS) is 20.5. The molecule has 4 aromatic rings. The molecule has 0 radical (unpaired) electrons. The van der Waals surface area contributed by atoms with Crippen LogP contribution in [0.1, 0.15) is 47.2 Å². The number of carbonyl (C=O) groups is 3. The molecule has 0 unspecified atom stereocenters. The number of fused-ring (bicyclic) bond motifs is 2. The summed E-state index contributed by atoms with van der Waals surface area (Å²) in [5.41, 5.74) is 2.71. The standard InChI is InChI=1S/C32H34BrFN8O3/c1-17-6-7-26(33)37-30(17)38-31(45)24-10-32(16-40(4)5)11-25(32)42(24)27(44)15-41-29-21(12-34)8-20(22-13-35-19(3)36-14-22)9-23(29)28(39-41)18(2)43/h6-9,13-14,24-25H,10-12,15-16H2,1-5H3,(H,37,38,45)/t24-,25-,32+/m0/s1. The minimum absolute atomic E-state index is 0.123. The van der Waals surface area contributed by atoms with E-state index in [9.17, 15) is 18.8 Å². The maximum atomic E-state index is 14.6. The van der Waals surface area contributed by atoms with E-state index < -0.39 is 12.7 Å². The number of halogens is 2. The lowest BCUT2D eigenvalue weighted by atomic mass is 9.98. The van der Waals surface area contributed by atoms with Gasteiger partial charge in [-0.25, -0.2) is 19.3 Å². The van der Waals surface area contributed by atoms with Gasteiger partial charge in [0.25, 0.3) is 0 Å². The summed E-state index contributed by atoms with van der Waals surface area (Å²) in [6, 6.07) is 6.23. The molecule has 0 spiro atoms. The van der Waals surface area contributed by atoms with Gasteiger partial charge in [-0.3, -0.25) is 19.1 Å². The highest BCUT2D eigenvalue weighted by atomic mass is 79.9. The molecule has 2 amide bonds. The van der Waals surface area contributed by atoms with Crippen LogP contribution in [0.3, 0.4) is 0 Å². The number of likely N-dealkylation sites (tertiary alicyclic amines) is 1. The van der Waals surface area contributed by atoms with E-state index in [1.165, 1.54) is 11.6 Å². The van der Waals surface area contributed by atoms with E-state index in [4.69, 9.17) is 0 Å². The maximum Gasteiger partial charge on any atom is 0.248 e. The maximum absolute atomic E-state index is 14.6. The molecular formula is C32H34BrFN8O3. The number of aryl methyl sites for hydroxylation is 2. The Morgan fingerprint density at radius 3 is 2.51 bits per heavy atom. The number of piperidine rings is 1. The fourth-order valence-corrected chi connectivity index (χ4v) is 7.01. The molecule has 45 heavy (non-hydrogen) atoms. The van der Waals surface area contributed by atoms with Gasteiger partial charge >= 0.3 is 0 Å². The Kier molecular flexibility index (Phi) is 8.02. The van der Waals surface area contributed by atoms with Gasteiger partial charge in [0.05, 0.1) is 5.52 Å². The molecule has 11 nitrogen and oxygen atoms in total. The first-order chi connectivity index (χ1) is 21.4. The topological polar surface area (TPSA) is 126 Å². The van der Waals surface area contributed by atoms with Gasteiger partial charge in [0.1, 0.15) is 41.2 Å². The quantitative estimate of drug-likeness (QED) is 0.203. The van der Waals surface area contributed by atoms with Gasteiger partial charge in [0.15, 0.2) is 5.78 Å². The predicted molar refractivity (Wildman–Crippen MR) is 170 cm³/mol. The third kappa shape index (κ3) is 5.74. The van der Waals surface area contributed by atoms with Crippen LogP contribution < -0.4 is 5.32 Å². The van der Waals surface area contributed by atoms with Crippen LogP contribution in [0.2, 0.25) is 0 Å². The highest BCUT2D eigenvalue weighted by molar-refractivity contribution is 9.10. The van der Waals surface area contributed by atoms with Crippen molar-refractivity contribution in [3.63, 3.8) is 0 Å². The number of anilines is 1. The number of Topliss-reactive ketones (excluding diaryl/α,β-unsaturated/α-hetero) is 1. The van der Waals surface area contributed by atoms with Crippen molar-refractivity contribution in [2.45, 2.75) is 58.9 Å².